The predicted octanol–water partition coefficient (Wildman–Crippen LogP) is 4.30. The third-order valence-electron chi connectivity index (χ3n) is 4.78. The first-order chi connectivity index (χ1) is 13.4. The Hall–Kier alpha value is -2.35. The minimum absolute atomic E-state index is 0.0202. The number of hydrogen-bond acceptors (Lipinski definition) is 5. The molecule has 28 heavy (non-hydrogen) atoms. The van der Waals surface area contributed by atoms with Gasteiger partial charge in [-0.25, -0.2) is 0 Å². The van der Waals surface area contributed by atoms with E-state index in [1.807, 2.05) is 0 Å². The highest BCUT2D eigenvalue weighted by molar-refractivity contribution is 6.35. The van der Waals surface area contributed by atoms with Crippen molar-refractivity contribution in [2.75, 3.05) is 42.9 Å². The second kappa shape index (κ2) is 8.77. The van der Waals surface area contributed by atoms with Crippen LogP contribution in [0.15, 0.2) is 36.4 Å². The topological polar surface area (TPSA) is 78.7 Å². The second-order valence-corrected chi connectivity index (χ2v) is 7.25. The molecule has 3 rings (SSSR count). The molecule has 0 radical (unpaired) electrons. The van der Waals surface area contributed by atoms with Gasteiger partial charge in [-0.05, 0) is 24.7 Å². The molecule has 0 bridgehead atoms. The minimum atomic E-state index is -0.557. The van der Waals surface area contributed by atoms with Gasteiger partial charge in [0, 0.05) is 38.3 Å². The number of amides is 1. The number of likely N-dealkylation sites (N-methyl/N-ethyl adjacent to an activating group) is 1. The maximum absolute atomic E-state index is 12.7. The number of nitro benzene ring substituents is 1. The molecule has 7 nitrogen and oxygen atoms in total. The van der Waals surface area contributed by atoms with Crippen molar-refractivity contribution in [1.82, 2.24) is 4.90 Å². The summed E-state index contributed by atoms with van der Waals surface area (Å²) in [7, 11) is 0. The van der Waals surface area contributed by atoms with Crippen LogP contribution < -0.4 is 10.2 Å². The Morgan fingerprint density at radius 1 is 1.14 bits per heavy atom. The van der Waals surface area contributed by atoms with Gasteiger partial charge in [0.05, 0.1) is 31.9 Å². The van der Waals surface area contributed by atoms with Crippen LogP contribution in [-0.2, 0) is 0 Å². The number of rotatable bonds is 5. The van der Waals surface area contributed by atoms with Crippen molar-refractivity contribution in [2.24, 2.45) is 0 Å². The molecule has 0 atom stereocenters. The van der Waals surface area contributed by atoms with Gasteiger partial charge in [0.15, 0.2) is 0 Å². The Morgan fingerprint density at radius 2 is 1.86 bits per heavy atom. The molecule has 1 aliphatic rings. The molecular weight excluding hydrogens is 403 g/mol. The summed E-state index contributed by atoms with van der Waals surface area (Å²) in [6.07, 6.45) is 0. The highest BCUT2D eigenvalue weighted by atomic mass is 35.5. The van der Waals surface area contributed by atoms with Crippen LogP contribution in [-0.4, -0.2) is 48.5 Å². The fourth-order valence-corrected chi connectivity index (χ4v) is 3.77. The first-order valence-corrected chi connectivity index (χ1v) is 9.67. The van der Waals surface area contributed by atoms with Gasteiger partial charge >= 0.3 is 0 Å². The highest BCUT2D eigenvalue weighted by Crippen LogP contribution is 2.35. The van der Waals surface area contributed by atoms with E-state index in [1.54, 1.807) is 18.2 Å². The van der Waals surface area contributed by atoms with Gasteiger partial charge in [0.25, 0.3) is 11.6 Å². The number of benzene rings is 2. The van der Waals surface area contributed by atoms with E-state index in [2.05, 4.69) is 22.0 Å². The quantitative estimate of drug-likeness (QED) is 0.573. The minimum Gasteiger partial charge on any atom is -0.366 e. The van der Waals surface area contributed by atoms with Crippen LogP contribution in [0, 0.1) is 10.1 Å². The maximum atomic E-state index is 12.7. The average molecular weight is 423 g/mol. The average Bonchev–Trinajstić information content (AvgIpc) is 2.68. The number of nitrogens with zero attached hydrogens (tertiary/aromatic N) is 3. The zero-order valence-electron chi connectivity index (χ0n) is 15.3. The van der Waals surface area contributed by atoms with E-state index in [4.69, 9.17) is 23.2 Å². The largest absolute Gasteiger partial charge is 0.366 e. The van der Waals surface area contributed by atoms with Crippen molar-refractivity contribution >= 4 is 46.2 Å². The first kappa shape index (κ1) is 20.4. The number of para-hydroxylation sites is 1. The molecule has 0 saturated carbocycles. The van der Waals surface area contributed by atoms with Crippen LogP contribution in [0.5, 0.6) is 0 Å². The van der Waals surface area contributed by atoms with Crippen molar-refractivity contribution in [2.45, 2.75) is 6.92 Å². The predicted molar refractivity (Wildman–Crippen MR) is 112 cm³/mol. The summed E-state index contributed by atoms with van der Waals surface area (Å²) in [5, 5.41) is 14.3. The van der Waals surface area contributed by atoms with E-state index < -0.39 is 10.8 Å². The number of carbonyl (C=O) groups excluding carboxylic acids is 1. The van der Waals surface area contributed by atoms with Gasteiger partial charge in [0.2, 0.25) is 0 Å². The number of piperazine rings is 1. The van der Waals surface area contributed by atoms with Crippen LogP contribution in [0.1, 0.15) is 17.3 Å². The van der Waals surface area contributed by atoms with Crippen LogP contribution in [0.25, 0.3) is 0 Å². The Bertz CT molecular complexity index is 899. The third kappa shape index (κ3) is 4.38. The molecular formula is C19H20Cl2N4O3. The summed E-state index contributed by atoms with van der Waals surface area (Å²) >= 11 is 12.5. The van der Waals surface area contributed by atoms with E-state index in [1.165, 1.54) is 18.2 Å². The zero-order chi connectivity index (χ0) is 20.3. The van der Waals surface area contributed by atoms with Gasteiger partial charge < -0.3 is 15.1 Å². The lowest BCUT2D eigenvalue weighted by Gasteiger charge is -2.36. The monoisotopic (exact) mass is 422 g/mol. The fourth-order valence-electron chi connectivity index (χ4n) is 3.22. The van der Waals surface area contributed by atoms with E-state index in [0.717, 1.165) is 38.4 Å². The standard InChI is InChI=1S/C19H20Cl2N4O3/c1-2-23-8-10-24(11-9-23)18-15(20)4-3-5-17(18)22-19(26)14-7-6-13(25(27)28)12-16(14)21/h3-7,12H,2,8-11H2,1H3,(H,22,26). The van der Waals surface area contributed by atoms with Gasteiger partial charge in [-0.15, -0.1) is 0 Å². The van der Waals surface area contributed by atoms with E-state index >= 15 is 0 Å². The Kier molecular flexibility index (Phi) is 6.39. The van der Waals surface area contributed by atoms with E-state index in [0.29, 0.717) is 10.7 Å². The van der Waals surface area contributed by atoms with Crippen molar-refractivity contribution in [1.29, 1.82) is 0 Å². The number of halogens is 2. The Balaban J connectivity index is 1.84. The first-order valence-electron chi connectivity index (χ1n) is 8.91. The maximum Gasteiger partial charge on any atom is 0.270 e. The molecule has 0 aliphatic carbocycles. The van der Waals surface area contributed by atoms with Gasteiger partial charge in [0.1, 0.15) is 0 Å². The highest BCUT2D eigenvalue weighted by Gasteiger charge is 2.22. The number of nitro groups is 1. The van der Waals surface area contributed by atoms with Gasteiger partial charge in [-0.1, -0.05) is 36.2 Å². The number of non-ortho nitro benzene ring substituents is 1. The number of hydrogen-bond donors (Lipinski definition) is 1. The molecule has 1 amide bonds. The lowest BCUT2D eigenvalue weighted by atomic mass is 10.1. The van der Waals surface area contributed by atoms with Crippen LogP contribution in [0.4, 0.5) is 17.1 Å². The molecule has 0 aromatic heterocycles. The second-order valence-electron chi connectivity index (χ2n) is 6.43. The molecule has 148 valence electrons. The van der Waals surface area contributed by atoms with Crippen molar-refractivity contribution in [3.8, 4) is 0 Å². The summed E-state index contributed by atoms with van der Waals surface area (Å²) in [6.45, 7) is 6.58. The van der Waals surface area contributed by atoms with Gasteiger partial charge in [-0.3, -0.25) is 14.9 Å². The van der Waals surface area contributed by atoms with E-state index in [9.17, 15) is 14.9 Å². The Morgan fingerprint density at radius 3 is 2.46 bits per heavy atom. The summed E-state index contributed by atoms with van der Waals surface area (Å²) in [5.74, 6) is -0.449. The van der Waals surface area contributed by atoms with Crippen molar-refractivity contribution in [3.63, 3.8) is 0 Å². The Labute approximate surface area is 173 Å². The summed E-state index contributed by atoms with van der Waals surface area (Å²) in [5.41, 5.74) is 1.34. The number of anilines is 2. The summed E-state index contributed by atoms with van der Waals surface area (Å²) in [6, 6.07) is 9.10. The van der Waals surface area contributed by atoms with Crippen LogP contribution in [0.3, 0.4) is 0 Å². The third-order valence-corrected chi connectivity index (χ3v) is 5.40. The van der Waals surface area contributed by atoms with Crippen LogP contribution in [0.2, 0.25) is 10.0 Å². The number of nitrogens with one attached hydrogen (secondary N) is 1. The molecule has 9 heteroatoms. The SMILES string of the molecule is CCN1CCN(c2c(Cl)cccc2NC(=O)c2ccc([N+](=O)[O-])cc2Cl)CC1. The zero-order valence-corrected chi connectivity index (χ0v) is 16.8. The smallest absolute Gasteiger partial charge is 0.270 e. The lowest BCUT2D eigenvalue weighted by Crippen LogP contribution is -2.46. The molecule has 1 fully saturated rings. The summed E-state index contributed by atoms with van der Waals surface area (Å²) < 4.78 is 0. The molecule has 1 heterocycles. The lowest BCUT2D eigenvalue weighted by molar-refractivity contribution is -0.384. The normalized spacial score (nSPS) is 14.8. The molecule has 1 aliphatic heterocycles. The molecule has 1 saturated heterocycles. The van der Waals surface area contributed by atoms with Gasteiger partial charge in [-0.2, -0.15) is 0 Å². The van der Waals surface area contributed by atoms with Crippen molar-refractivity contribution < 1.29 is 9.72 Å². The number of carbonyl (C=O) groups is 1. The molecule has 1 N–H and O–H groups in total. The molecule has 2 aromatic carbocycles. The fraction of sp³-hybridized carbons (Fsp3) is 0.316. The molecule has 2 aromatic rings. The molecule has 0 spiro atoms. The molecule has 0 unspecified atom stereocenters. The summed E-state index contributed by atoms with van der Waals surface area (Å²) in [4.78, 5) is 27.5. The van der Waals surface area contributed by atoms with Crippen LogP contribution >= 0.6 is 23.2 Å². The van der Waals surface area contributed by atoms with E-state index in [-0.39, 0.29) is 16.3 Å². The van der Waals surface area contributed by atoms with Crippen molar-refractivity contribution in [3.05, 3.63) is 62.1 Å².